The first-order valence-electron chi connectivity index (χ1n) is 4.59. The summed E-state index contributed by atoms with van der Waals surface area (Å²) in [4.78, 5) is 22.7. The van der Waals surface area contributed by atoms with Gasteiger partial charge in [-0.15, -0.1) is 0 Å². The van der Waals surface area contributed by atoms with Crippen LogP contribution in [0, 0.1) is 0 Å². The molecule has 14 heavy (non-hydrogen) atoms. The maximum atomic E-state index is 11.4. The number of hydrogen-bond donors (Lipinski definition) is 0. The summed E-state index contributed by atoms with van der Waals surface area (Å²) >= 11 is 0. The van der Waals surface area contributed by atoms with Crippen molar-refractivity contribution in [2.75, 3.05) is 0 Å². The zero-order chi connectivity index (χ0) is 10.1. The van der Waals surface area contributed by atoms with Crippen LogP contribution < -0.4 is 0 Å². The molecule has 0 aliphatic carbocycles. The minimum Gasteiger partial charge on any atom is -0.389 e. The molecule has 1 aromatic carbocycles. The Hall–Kier alpha value is -1.64. The van der Waals surface area contributed by atoms with E-state index in [1.807, 2.05) is 19.1 Å². The maximum Gasteiger partial charge on any atom is 0.346 e. The van der Waals surface area contributed by atoms with Gasteiger partial charge in [-0.3, -0.25) is 4.79 Å². The fourth-order valence-electron chi connectivity index (χ4n) is 1.72. The van der Waals surface area contributed by atoms with Gasteiger partial charge in [0.2, 0.25) is 0 Å². The van der Waals surface area contributed by atoms with Gasteiger partial charge in [0.15, 0.2) is 0 Å². The highest BCUT2D eigenvalue weighted by Gasteiger charge is 2.32. The third-order valence-electron chi connectivity index (χ3n) is 2.44. The summed E-state index contributed by atoms with van der Waals surface area (Å²) in [6, 6.07) is 7.09. The lowest BCUT2D eigenvalue weighted by atomic mass is 9.90. The number of hydrogen-bond acceptors (Lipinski definition) is 3. The van der Waals surface area contributed by atoms with Crippen LogP contribution in [0.1, 0.15) is 35.2 Å². The zero-order valence-electron chi connectivity index (χ0n) is 7.82. The molecule has 0 fully saturated rings. The van der Waals surface area contributed by atoms with Crippen LogP contribution in [0.5, 0.6) is 0 Å². The van der Waals surface area contributed by atoms with Crippen LogP contribution in [0.25, 0.3) is 0 Å². The molecule has 0 radical (unpaired) electrons. The molecule has 1 aliphatic heterocycles. The molecule has 0 N–H and O–H groups in total. The third kappa shape index (κ3) is 1.21. The molecule has 2 rings (SSSR count). The summed E-state index contributed by atoms with van der Waals surface area (Å²) in [6.45, 7) is 1.90. The number of ether oxygens (including phenoxy) is 1. The summed E-state index contributed by atoms with van der Waals surface area (Å²) in [5.41, 5.74) is 1.30. The topological polar surface area (TPSA) is 43.4 Å². The molecule has 1 heterocycles. The minimum atomic E-state index is -0.532. The van der Waals surface area contributed by atoms with E-state index in [-0.39, 0.29) is 5.92 Å². The minimum absolute atomic E-state index is 0.288. The molecular weight excluding hydrogens is 180 g/mol. The largest absolute Gasteiger partial charge is 0.389 e. The maximum absolute atomic E-state index is 11.4. The van der Waals surface area contributed by atoms with E-state index < -0.39 is 11.9 Å². The van der Waals surface area contributed by atoms with Crippen molar-refractivity contribution in [1.82, 2.24) is 0 Å². The Bertz CT molecular complexity index is 395. The van der Waals surface area contributed by atoms with Crippen molar-refractivity contribution in [3.63, 3.8) is 0 Å². The first-order chi connectivity index (χ1) is 6.74. The molecule has 0 unspecified atom stereocenters. The first kappa shape index (κ1) is 8.94. The number of benzene rings is 1. The SMILES string of the molecule is CC[C@H]1C(=O)OC(=O)c2ccccc21. The number of carbonyl (C=O) groups excluding carboxylic acids is 2. The van der Waals surface area contributed by atoms with Crippen LogP contribution in [-0.4, -0.2) is 11.9 Å². The van der Waals surface area contributed by atoms with E-state index in [0.29, 0.717) is 12.0 Å². The smallest absolute Gasteiger partial charge is 0.346 e. The molecule has 0 bridgehead atoms. The van der Waals surface area contributed by atoms with Gasteiger partial charge in [-0.2, -0.15) is 0 Å². The van der Waals surface area contributed by atoms with E-state index in [1.165, 1.54) is 0 Å². The van der Waals surface area contributed by atoms with Gasteiger partial charge in [0, 0.05) is 0 Å². The normalized spacial score (nSPS) is 20.2. The molecule has 3 heteroatoms. The second kappa shape index (κ2) is 3.25. The highest BCUT2D eigenvalue weighted by Crippen LogP contribution is 2.29. The molecule has 0 aromatic heterocycles. The lowest BCUT2D eigenvalue weighted by molar-refractivity contribution is -0.140. The van der Waals surface area contributed by atoms with E-state index in [0.717, 1.165) is 5.56 Å². The molecule has 3 nitrogen and oxygen atoms in total. The Morgan fingerprint density at radius 2 is 2.00 bits per heavy atom. The number of esters is 2. The van der Waals surface area contributed by atoms with Gasteiger partial charge >= 0.3 is 11.9 Å². The van der Waals surface area contributed by atoms with Gasteiger partial charge in [0.25, 0.3) is 0 Å². The standard InChI is InChI=1S/C11H10O3/c1-2-7-8-5-3-4-6-9(8)11(13)14-10(7)12/h3-7H,2H2,1H3/t7-/m1/s1. The molecule has 0 amide bonds. The Morgan fingerprint density at radius 1 is 1.29 bits per heavy atom. The van der Waals surface area contributed by atoms with Crippen LogP contribution >= 0.6 is 0 Å². The van der Waals surface area contributed by atoms with Gasteiger partial charge in [-0.25, -0.2) is 4.79 Å². The predicted octanol–water partition coefficient (Wildman–Crippen LogP) is 1.88. The van der Waals surface area contributed by atoms with E-state index in [1.54, 1.807) is 12.1 Å². The third-order valence-corrected chi connectivity index (χ3v) is 2.44. The highest BCUT2D eigenvalue weighted by atomic mass is 16.6. The average Bonchev–Trinajstić information content (AvgIpc) is 2.18. The molecule has 72 valence electrons. The Kier molecular flexibility index (Phi) is 2.08. The molecule has 0 saturated carbocycles. The molecule has 0 saturated heterocycles. The van der Waals surface area contributed by atoms with Gasteiger partial charge in [-0.05, 0) is 18.1 Å². The van der Waals surface area contributed by atoms with Gasteiger partial charge in [-0.1, -0.05) is 25.1 Å². The lowest BCUT2D eigenvalue weighted by Gasteiger charge is -2.21. The summed E-state index contributed by atoms with van der Waals surface area (Å²) < 4.78 is 4.64. The van der Waals surface area contributed by atoms with Crippen molar-refractivity contribution < 1.29 is 14.3 Å². The fraction of sp³-hybridized carbons (Fsp3) is 0.273. The molecule has 0 spiro atoms. The van der Waals surface area contributed by atoms with Crippen LogP contribution in [0.15, 0.2) is 24.3 Å². The van der Waals surface area contributed by atoms with Gasteiger partial charge in [0.05, 0.1) is 11.5 Å². The van der Waals surface area contributed by atoms with Crippen LogP contribution in [0.4, 0.5) is 0 Å². The van der Waals surface area contributed by atoms with Crippen molar-refractivity contribution >= 4 is 11.9 Å². The van der Waals surface area contributed by atoms with E-state index in [9.17, 15) is 9.59 Å². The monoisotopic (exact) mass is 190 g/mol. The second-order valence-electron chi connectivity index (χ2n) is 3.26. The van der Waals surface area contributed by atoms with Gasteiger partial charge in [0.1, 0.15) is 0 Å². The number of rotatable bonds is 1. The zero-order valence-corrected chi connectivity index (χ0v) is 7.82. The summed E-state index contributed by atoms with van der Waals surface area (Å²) in [5, 5.41) is 0. The fourth-order valence-corrected chi connectivity index (χ4v) is 1.72. The van der Waals surface area contributed by atoms with E-state index in [2.05, 4.69) is 4.74 Å². The van der Waals surface area contributed by atoms with Crippen LogP contribution in [0.2, 0.25) is 0 Å². The van der Waals surface area contributed by atoms with Crippen molar-refractivity contribution in [2.45, 2.75) is 19.3 Å². The van der Waals surface area contributed by atoms with E-state index >= 15 is 0 Å². The quantitative estimate of drug-likeness (QED) is 0.501. The molecule has 1 atom stereocenters. The Balaban J connectivity index is 2.56. The Morgan fingerprint density at radius 3 is 2.71 bits per heavy atom. The average molecular weight is 190 g/mol. The van der Waals surface area contributed by atoms with Crippen molar-refractivity contribution in [3.8, 4) is 0 Å². The predicted molar refractivity (Wildman–Crippen MR) is 49.9 cm³/mol. The first-order valence-corrected chi connectivity index (χ1v) is 4.59. The number of carbonyl (C=O) groups is 2. The molecular formula is C11H10O3. The van der Waals surface area contributed by atoms with E-state index in [4.69, 9.17) is 0 Å². The molecule has 1 aliphatic rings. The summed E-state index contributed by atoms with van der Waals surface area (Å²) in [6.07, 6.45) is 0.656. The molecule has 1 aromatic rings. The number of cyclic esters (lactones) is 2. The summed E-state index contributed by atoms with van der Waals surface area (Å²) in [5.74, 6) is -1.25. The van der Waals surface area contributed by atoms with Crippen molar-refractivity contribution in [3.05, 3.63) is 35.4 Å². The van der Waals surface area contributed by atoms with Crippen molar-refractivity contribution in [1.29, 1.82) is 0 Å². The second-order valence-corrected chi connectivity index (χ2v) is 3.26. The van der Waals surface area contributed by atoms with Crippen LogP contribution in [-0.2, 0) is 9.53 Å². The van der Waals surface area contributed by atoms with Crippen molar-refractivity contribution in [2.24, 2.45) is 0 Å². The van der Waals surface area contributed by atoms with Crippen LogP contribution in [0.3, 0.4) is 0 Å². The van der Waals surface area contributed by atoms with Gasteiger partial charge < -0.3 is 4.74 Å². The highest BCUT2D eigenvalue weighted by molar-refractivity contribution is 6.04. The number of fused-ring (bicyclic) bond motifs is 1. The summed E-state index contributed by atoms with van der Waals surface area (Å²) in [7, 11) is 0. The lowest BCUT2D eigenvalue weighted by Crippen LogP contribution is -2.27. The Labute approximate surface area is 81.7 Å².